The first-order chi connectivity index (χ1) is 8.55. The molecule has 0 amide bonds. The SMILES string of the molecule is FC(F)(F)c1nc2c(C3=NCCN3)cccn2n1. The molecule has 94 valence electrons. The van der Waals surface area contributed by atoms with Crippen LogP contribution in [0, 0.1) is 0 Å². The second-order valence-electron chi connectivity index (χ2n) is 3.78. The van der Waals surface area contributed by atoms with Crippen LogP contribution in [0.2, 0.25) is 0 Å². The van der Waals surface area contributed by atoms with Crippen molar-refractivity contribution < 1.29 is 13.2 Å². The third kappa shape index (κ3) is 1.69. The molecule has 0 saturated carbocycles. The van der Waals surface area contributed by atoms with Gasteiger partial charge in [-0.15, -0.1) is 5.10 Å². The van der Waals surface area contributed by atoms with Crippen molar-refractivity contribution in [3.05, 3.63) is 29.7 Å². The number of halogens is 3. The van der Waals surface area contributed by atoms with Gasteiger partial charge in [0.05, 0.1) is 12.1 Å². The van der Waals surface area contributed by atoms with E-state index in [9.17, 15) is 13.2 Å². The van der Waals surface area contributed by atoms with Crippen molar-refractivity contribution in [2.24, 2.45) is 4.99 Å². The molecule has 1 N–H and O–H groups in total. The molecule has 0 aromatic carbocycles. The minimum Gasteiger partial charge on any atom is -0.368 e. The highest BCUT2D eigenvalue weighted by Gasteiger charge is 2.36. The number of pyridine rings is 1. The highest BCUT2D eigenvalue weighted by atomic mass is 19.4. The first-order valence-corrected chi connectivity index (χ1v) is 5.27. The van der Waals surface area contributed by atoms with Gasteiger partial charge in [-0.3, -0.25) is 4.99 Å². The summed E-state index contributed by atoms with van der Waals surface area (Å²) in [4.78, 5) is 7.71. The van der Waals surface area contributed by atoms with Crippen LogP contribution in [0.1, 0.15) is 11.4 Å². The number of nitrogens with one attached hydrogen (secondary N) is 1. The van der Waals surface area contributed by atoms with Crippen molar-refractivity contribution in [2.45, 2.75) is 6.18 Å². The molecule has 2 aromatic heterocycles. The number of hydrogen-bond donors (Lipinski definition) is 1. The van der Waals surface area contributed by atoms with Crippen LogP contribution >= 0.6 is 0 Å². The number of nitrogens with zero attached hydrogens (tertiary/aromatic N) is 4. The molecule has 0 bridgehead atoms. The van der Waals surface area contributed by atoms with Crippen molar-refractivity contribution in [1.82, 2.24) is 19.9 Å². The molecular formula is C10H8F3N5. The maximum atomic E-state index is 12.6. The molecule has 0 fully saturated rings. The summed E-state index contributed by atoms with van der Waals surface area (Å²) in [5.74, 6) is -0.588. The predicted octanol–water partition coefficient (Wildman–Crippen LogP) is 1.10. The standard InChI is InChI=1S/C10H8F3N5/c11-10(12,13)9-16-8-6(7-14-3-4-15-7)2-1-5-18(8)17-9/h1-2,5H,3-4H2,(H,14,15). The summed E-state index contributed by atoms with van der Waals surface area (Å²) in [5.41, 5.74) is 0.677. The van der Waals surface area contributed by atoms with Gasteiger partial charge >= 0.3 is 6.18 Å². The smallest absolute Gasteiger partial charge is 0.368 e. The fourth-order valence-electron chi connectivity index (χ4n) is 1.79. The second kappa shape index (κ2) is 3.69. The maximum absolute atomic E-state index is 12.6. The molecular weight excluding hydrogens is 247 g/mol. The van der Waals surface area contributed by atoms with E-state index in [0.717, 1.165) is 4.52 Å². The summed E-state index contributed by atoms with van der Waals surface area (Å²) < 4.78 is 38.8. The van der Waals surface area contributed by atoms with Gasteiger partial charge in [0.1, 0.15) is 5.84 Å². The Balaban J connectivity index is 2.18. The van der Waals surface area contributed by atoms with Crippen LogP contribution in [0.5, 0.6) is 0 Å². The summed E-state index contributed by atoms with van der Waals surface area (Å²) in [6.45, 7) is 1.29. The van der Waals surface area contributed by atoms with Crippen LogP contribution < -0.4 is 5.32 Å². The maximum Gasteiger partial charge on any atom is 0.453 e. The number of alkyl halides is 3. The minimum absolute atomic E-state index is 0.151. The fourth-order valence-corrected chi connectivity index (χ4v) is 1.79. The lowest BCUT2D eigenvalue weighted by Gasteiger charge is -2.02. The van der Waals surface area contributed by atoms with Gasteiger partial charge in [-0.05, 0) is 12.1 Å². The van der Waals surface area contributed by atoms with Gasteiger partial charge in [-0.2, -0.15) is 13.2 Å². The van der Waals surface area contributed by atoms with E-state index in [4.69, 9.17) is 0 Å². The number of fused-ring (bicyclic) bond motifs is 1. The summed E-state index contributed by atoms with van der Waals surface area (Å²) in [6.07, 6.45) is -3.12. The molecule has 0 spiro atoms. The number of amidine groups is 1. The monoisotopic (exact) mass is 255 g/mol. The van der Waals surface area contributed by atoms with Crippen LogP contribution in [-0.2, 0) is 6.18 Å². The van der Waals surface area contributed by atoms with Crippen molar-refractivity contribution in [3.63, 3.8) is 0 Å². The van der Waals surface area contributed by atoms with Gasteiger partial charge in [-0.1, -0.05) is 0 Å². The minimum atomic E-state index is -4.55. The zero-order chi connectivity index (χ0) is 12.8. The first-order valence-electron chi connectivity index (χ1n) is 5.27. The van der Waals surface area contributed by atoms with Gasteiger partial charge in [0.25, 0.3) is 5.82 Å². The van der Waals surface area contributed by atoms with E-state index in [2.05, 4.69) is 20.4 Å². The zero-order valence-electron chi connectivity index (χ0n) is 9.07. The molecule has 2 aromatic rings. The zero-order valence-corrected chi connectivity index (χ0v) is 9.07. The molecule has 1 aliphatic rings. The Morgan fingerprint density at radius 1 is 1.33 bits per heavy atom. The third-order valence-corrected chi connectivity index (χ3v) is 2.55. The van der Waals surface area contributed by atoms with E-state index in [1.807, 2.05) is 0 Å². The summed E-state index contributed by atoms with van der Waals surface area (Å²) >= 11 is 0. The van der Waals surface area contributed by atoms with Gasteiger partial charge in [0.2, 0.25) is 0 Å². The third-order valence-electron chi connectivity index (χ3n) is 2.55. The highest BCUT2D eigenvalue weighted by molar-refractivity contribution is 6.04. The predicted molar refractivity (Wildman–Crippen MR) is 57.4 cm³/mol. The number of aromatic nitrogens is 3. The fraction of sp³-hybridized carbons (Fsp3) is 0.300. The molecule has 0 unspecified atom stereocenters. The van der Waals surface area contributed by atoms with Crippen molar-refractivity contribution in [3.8, 4) is 0 Å². The summed E-state index contributed by atoms with van der Waals surface area (Å²) in [6, 6.07) is 3.28. The average Bonchev–Trinajstić information content (AvgIpc) is 2.96. The van der Waals surface area contributed by atoms with E-state index < -0.39 is 12.0 Å². The van der Waals surface area contributed by atoms with Crippen LogP contribution in [0.4, 0.5) is 13.2 Å². The Bertz CT molecular complexity index is 628. The second-order valence-corrected chi connectivity index (χ2v) is 3.78. The molecule has 0 saturated heterocycles. The molecule has 0 aliphatic carbocycles. The normalized spacial score (nSPS) is 15.8. The van der Waals surface area contributed by atoms with Crippen LogP contribution in [0.15, 0.2) is 23.3 Å². The Morgan fingerprint density at radius 2 is 2.17 bits per heavy atom. The molecule has 0 radical (unpaired) electrons. The van der Waals surface area contributed by atoms with E-state index in [1.54, 1.807) is 12.1 Å². The topological polar surface area (TPSA) is 54.6 Å². The van der Waals surface area contributed by atoms with Crippen LogP contribution in [0.3, 0.4) is 0 Å². The van der Waals surface area contributed by atoms with Crippen molar-refractivity contribution in [1.29, 1.82) is 0 Å². The molecule has 3 heterocycles. The first kappa shape index (κ1) is 11.0. The average molecular weight is 255 g/mol. The van der Waals surface area contributed by atoms with Gasteiger partial charge in [0.15, 0.2) is 5.65 Å². The lowest BCUT2D eigenvalue weighted by atomic mass is 10.2. The van der Waals surface area contributed by atoms with Crippen molar-refractivity contribution in [2.75, 3.05) is 13.1 Å². The Labute approximate surface area is 99.4 Å². The summed E-state index contributed by atoms with van der Waals surface area (Å²) in [7, 11) is 0. The molecule has 18 heavy (non-hydrogen) atoms. The Morgan fingerprint density at radius 3 is 2.83 bits per heavy atom. The van der Waals surface area contributed by atoms with E-state index >= 15 is 0 Å². The quantitative estimate of drug-likeness (QED) is 0.830. The lowest BCUT2D eigenvalue weighted by Crippen LogP contribution is -2.20. The summed E-state index contributed by atoms with van der Waals surface area (Å²) in [5, 5.41) is 6.41. The van der Waals surface area contributed by atoms with Crippen molar-refractivity contribution >= 4 is 11.5 Å². The van der Waals surface area contributed by atoms with E-state index in [0.29, 0.717) is 24.5 Å². The molecule has 0 atom stereocenters. The van der Waals surface area contributed by atoms with E-state index in [1.165, 1.54) is 6.20 Å². The van der Waals surface area contributed by atoms with Gasteiger partial charge in [0, 0.05) is 12.7 Å². The number of rotatable bonds is 1. The van der Waals surface area contributed by atoms with Crippen LogP contribution in [0.25, 0.3) is 5.65 Å². The Kier molecular flexibility index (Phi) is 2.25. The molecule has 3 rings (SSSR count). The lowest BCUT2D eigenvalue weighted by molar-refractivity contribution is -0.144. The Hall–Kier alpha value is -2.12. The van der Waals surface area contributed by atoms with Gasteiger partial charge < -0.3 is 5.32 Å². The van der Waals surface area contributed by atoms with E-state index in [-0.39, 0.29) is 5.65 Å². The largest absolute Gasteiger partial charge is 0.453 e. The highest BCUT2D eigenvalue weighted by Crippen LogP contribution is 2.27. The molecule has 1 aliphatic heterocycles. The van der Waals surface area contributed by atoms with Crippen LogP contribution in [-0.4, -0.2) is 33.5 Å². The number of aliphatic imine (C=N–C) groups is 1. The molecule has 5 nitrogen and oxygen atoms in total. The van der Waals surface area contributed by atoms with Gasteiger partial charge in [-0.25, -0.2) is 9.50 Å². The molecule has 8 heteroatoms. The number of hydrogen-bond acceptors (Lipinski definition) is 4.